The minimum atomic E-state index is -0.435. The Kier molecular flexibility index (Phi) is 4.60. The lowest BCUT2D eigenvalue weighted by Crippen LogP contribution is -2.64. The van der Waals surface area contributed by atoms with Crippen molar-refractivity contribution in [2.45, 2.75) is 91.0 Å². The highest BCUT2D eigenvalue weighted by molar-refractivity contribution is 5.79. The molecular formula is C25H40O4. The molecule has 0 bridgehead atoms. The van der Waals surface area contributed by atoms with Crippen molar-refractivity contribution in [1.82, 2.24) is 0 Å². The first-order valence-electron chi connectivity index (χ1n) is 12.0. The first kappa shape index (κ1) is 20.5. The van der Waals surface area contributed by atoms with Gasteiger partial charge in [0, 0.05) is 37.2 Å². The van der Waals surface area contributed by atoms with Gasteiger partial charge >= 0.3 is 0 Å². The van der Waals surface area contributed by atoms with Crippen molar-refractivity contribution in [1.29, 1.82) is 0 Å². The maximum Gasteiger partial charge on any atom is 0.173 e. The number of ketones is 1. The van der Waals surface area contributed by atoms with Crippen LogP contribution in [-0.4, -0.2) is 38.0 Å². The molecule has 0 aromatic heterocycles. The number of methoxy groups -OCH3 is 1. The van der Waals surface area contributed by atoms with E-state index in [1.807, 2.05) is 7.11 Å². The third-order valence-electron chi connectivity index (χ3n) is 10.1. The average molecular weight is 405 g/mol. The molecule has 5 rings (SSSR count). The van der Waals surface area contributed by atoms with Crippen molar-refractivity contribution in [3.63, 3.8) is 0 Å². The molecule has 1 aliphatic heterocycles. The summed E-state index contributed by atoms with van der Waals surface area (Å²) >= 11 is 0. The van der Waals surface area contributed by atoms with Gasteiger partial charge in [-0.3, -0.25) is 4.79 Å². The predicted octanol–water partition coefficient (Wildman–Crippen LogP) is 4.99. The molecule has 29 heavy (non-hydrogen) atoms. The van der Waals surface area contributed by atoms with Crippen LogP contribution in [0.1, 0.15) is 79.1 Å². The van der Waals surface area contributed by atoms with Crippen molar-refractivity contribution < 1.29 is 19.0 Å². The van der Waals surface area contributed by atoms with E-state index in [1.54, 1.807) is 0 Å². The fourth-order valence-electron chi connectivity index (χ4n) is 8.49. The second-order valence-corrected chi connectivity index (χ2v) is 12.2. The van der Waals surface area contributed by atoms with Crippen LogP contribution in [0.3, 0.4) is 0 Å². The van der Waals surface area contributed by atoms with Crippen molar-refractivity contribution in [3.8, 4) is 0 Å². The van der Waals surface area contributed by atoms with Crippen molar-refractivity contribution in [2.24, 2.45) is 39.9 Å². The largest absolute Gasteiger partial charge is 0.381 e. The number of hydrogen-bond donors (Lipinski definition) is 0. The summed E-state index contributed by atoms with van der Waals surface area (Å²) in [5.41, 5.74) is 0.349. The molecule has 0 aromatic carbocycles. The van der Waals surface area contributed by atoms with Gasteiger partial charge in [0.1, 0.15) is 5.78 Å². The Morgan fingerprint density at radius 1 is 1.00 bits per heavy atom. The van der Waals surface area contributed by atoms with Crippen LogP contribution < -0.4 is 0 Å². The lowest BCUT2D eigenvalue weighted by atomic mass is 9.44. The molecule has 4 nitrogen and oxygen atoms in total. The Hall–Kier alpha value is -0.450. The number of fused-ring (bicyclic) bond motifs is 6. The molecule has 0 amide bonds. The molecule has 4 saturated carbocycles. The highest BCUT2D eigenvalue weighted by Gasteiger charge is 2.69. The molecule has 0 N–H and O–H groups in total. The van der Waals surface area contributed by atoms with Gasteiger partial charge in [-0.2, -0.15) is 0 Å². The number of carbonyl (C=O) groups is 1. The molecule has 0 radical (unpaired) electrons. The van der Waals surface area contributed by atoms with Gasteiger partial charge in [-0.15, -0.1) is 0 Å². The highest BCUT2D eigenvalue weighted by Crippen LogP contribution is 2.69. The number of ether oxygens (including phenoxy) is 3. The predicted molar refractivity (Wildman–Crippen MR) is 111 cm³/mol. The standard InChI is InChI=1S/C25H40O4/c1-22(2)14-28-25(29-15-22)11-9-19-18-7-6-16-12-17(26)8-10-23(16,3)21(18)20(27-5)13-24(19,25)4/h16,18-21H,6-15H2,1-5H3/t16-,18-,19-,20-,21+,23-,24-/m0/s1. The SMILES string of the molecule is CO[C@H]1C[C@@]2(C)[C@@H](CCC23OCC(C)(C)CO3)[C@@H]2CC[C@H]3CC(=O)CC[C@]3(C)[C@H]21. The topological polar surface area (TPSA) is 44.8 Å². The normalized spacial score (nSPS) is 50.7. The molecule has 5 fully saturated rings. The molecule has 1 saturated heterocycles. The van der Waals surface area contributed by atoms with Crippen LogP contribution in [-0.2, 0) is 19.0 Å². The van der Waals surface area contributed by atoms with Crippen LogP contribution in [0.25, 0.3) is 0 Å². The van der Waals surface area contributed by atoms with E-state index in [-0.39, 0.29) is 22.3 Å². The van der Waals surface area contributed by atoms with Gasteiger partial charge in [0.05, 0.1) is 19.3 Å². The minimum absolute atomic E-state index is 0.0129. The van der Waals surface area contributed by atoms with Crippen LogP contribution in [0.2, 0.25) is 0 Å². The van der Waals surface area contributed by atoms with E-state index in [2.05, 4.69) is 27.7 Å². The van der Waals surface area contributed by atoms with Crippen molar-refractivity contribution in [2.75, 3.05) is 20.3 Å². The fourth-order valence-corrected chi connectivity index (χ4v) is 8.49. The molecule has 5 aliphatic rings. The summed E-state index contributed by atoms with van der Waals surface area (Å²) < 4.78 is 19.5. The van der Waals surface area contributed by atoms with Crippen LogP contribution in [0, 0.1) is 39.9 Å². The second kappa shape index (κ2) is 6.53. The Morgan fingerprint density at radius 2 is 1.72 bits per heavy atom. The van der Waals surface area contributed by atoms with Gasteiger partial charge in [-0.05, 0) is 61.2 Å². The summed E-state index contributed by atoms with van der Waals surface area (Å²) in [6.45, 7) is 10.9. The molecule has 164 valence electrons. The van der Waals surface area contributed by atoms with E-state index in [0.29, 0.717) is 29.5 Å². The average Bonchev–Trinajstić information content (AvgIpc) is 2.96. The van der Waals surface area contributed by atoms with Crippen LogP contribution in [0.4, 0.5) is 0 Å². The minimum Gasteiger partial charge on any atom is -0.381 e. The van der Waals surface area contributed by atoms with Gasteiger partial charge in [-0.25, -0.2) is 0 Å². The van der Waals surface area contributed by atoms with E-state index >= 15 is 0 Å². The number of carbonyl (C=O) groups excluding carboxylic acids is 1. The molecule has 7 atom stereocenters. The first-order chi connectivity index (χ1) is 13.6. The maximum atomic E-state index is 12.2. The summed E-state index contributed by atoms with van der Waals surface area (Å²) in [5, 5.41) is 0. The molecule has 4 heteroatoms. The molecule has 4 aliphatic carbocycles. The van der Waals surface area contributed by atoms with E-state index in [9.17, 15) is 4.79 Å². The number of hydrogen-bond acceptors (Lipinski definition) is 4. The Morgan fingerprint density at radius 3 is 2.41 bits per heavy atom. The van der Waals surface area contributed by atoms with Crippen LogP contribution >= 0.6 is 0 Å². The quantitative estimate of drug-likeness (QED) is 0.617. The molecule has 1 heterocycles. The monoisotopic (exact) mass is 404 g/mol. The Balaban J connectivity index is 1.48. The Bertz CT molecular complexity index is 676. The van der Waals surface area contributed by atoms with Gasteiger partial charge in [0.15, 0.2) is 5.79 Å². The molecular weight excluding hydrogens is 364 g/mol. The van der Waals surface area contributed by atoms with Crippen LogP contribution in [0.15, 0.2) is 0 Å². The highest BCUT2D eigenvalue weighted by atomic mass is 16.7. The lowest BCUT2D eigenvalue weighted by molar-refractivity contribution is -0.353. The summed E-state index contributed by atoms with van der Waals surface area (Å²) in [6, 6.07) is 0. The first-order valence-corrected chi connectivity index (χ1v) is 12.0. The lowest BCUT2D eigenvalue weighted by Gasteiger charge is -2.63. The maximum absolute atomic E-state index is 12.2. The summed E-state index contributed by atoms with van der Waals surface area (Å²) in [4.78, 5) is 12.2. The number of Topliss-reactive ketones (excluding diaryl/α,β-unsaturated/α-hetero) is 1. The number of rotatable bonds is 1. The zero-order valence-electron chi connectivity index (χ0n) is 19.1. The van der Waals surface area contributed by atoms with E-state index in [0.717, 1.165) is 45.3 Å². The van der Waals surface area contributed by atoms with Gasteiger partial charge in [0.25, 0.3) is 0 Å². The second-order valence-electron chi connectivity index (χ2n) is 12.2. The zero-order chi connectivity index (χ0) is 20.7. The third-order valence-corrected chi connectivity index (χ3v) is 10.1. The third kappa shape index (κ3) is 2.77. The molecule has 1 spiro atoms. The van der Waals surface area contributed by atoms with Gasteiger partial charge in [0.2, 0.25) is 0 Å². The summed E-state index contributed by atoms with van der Waals surface area (Å²) in [6.07, 6.45) is 8.52. The summed E-state index contributed by atoms with van der Waals surface area (Å²) in [7, 11) is 1.90. The van der Waals surface area contributed by atoms with Crippen LogP contribution in [0.5, 0.6) is 0 Å². The fraction of sp³-hybridized carbons (Fsp3) is 0.960. The zero-order valence-corrected chi connectivity index (χ0v) is 19.1. The van der Waals surface area contributed by atoms with Gasteiger partial charge in [-0.1, -0.05) is 27.7 Å². The van der Waals surface area contributed by atoms with Crippen molar-refractivity contribution >= 4 is 5.78 Å². The Labute approximate surface area is 176 Å². The van der Waals surface area contributed by atoms with Gasteiger partial charge < -0.3 is 14.2 Å². The van der Waals surface area contributed by atoms with Crippen molar-refractivity contribution in [3.05, 3.63) is 0 Å². The smallest absolute Gasteiger partial charge is 0.173 e. The molecule has 0 unspecified atom stereocenters. The van der Waals surface area contributed by atoms with E-state index in [4.69, 9.17) is 14.2 Å². The molecule has 0 aromatic rings. The summed E-state index contributed by atoms with van der Waals surface area (Å²) in [5.74, 6) is 2.45. The van der Waals surface area contributed by atoms with E-state index < -0.39 is 5.79 Å². The van der Waals surface area contributed by atoms with E-state index in [1.165, 1.54) is 19.3 Å².